The molecule has 0 spiro atoms. The Kier molecular flexibility index (Phi) is 37.4. The fourth-order valence-electron chi connectivity index (χ4n) is 8.70. The number of unbranched alkanes of at least 4 members (excludes halogenated alkanes) is 25. The van der Waals surface area contributed by atoms with Crippen molar-refractivity contribution in [2.75, 3.05) is 47.5 Å². The van der Waals surface area contributed by atoms with Gasteiger partial charge in [0.15, 0.2) is 6.10 Å². The molecular weight excluding hydrogens is 846 g/mol. The molecule has 0 saturated heterocycles. The molecule has 1 aliphatic carbocycles. The summed E-state index contributed by atoms with van der Waals surface area (Å²) in [6, 6.07) is 0. The van der Waals surface area contributed by atoms with Gasteiger partial charge < -0.3 is 34.2 Å². The molecule has 0 heterocycles. The number of rotatable bonds is 45. The lowest BCUT2D eigenvalue weighted by molar-refractivity contribution is -0.870. The number of carbonyl (C=O) groups is 2. The fourth-order valence-corrected chi connectivity index (χ4v) is 9.44. The first-order valence-corrected chi connectivity index (χ1v) is 28.2. The van der Waals surface area contributed by atoms with Crippen molar-refractivity contribution in [1.29, 1.82) is 0 Å². The number of nitrogens with zero attached hydrogens (tertiary/aromatic N) is 1. The lowest BCUT2D eigenvalue weighted by atomic mass is 9.88. The van der Waals surface area contributed by atoms with Gasteiger partial charge in [-0.05, 0) is 31.6 Å². The highest BCUT2D eigenvalue weighted by Gasteiger charge is 2.39. The largest absolute Gasteiger partial charge is 0.472 e. The van der Waals surface area contributed by atoms with E-state index in [2.05, 4.69) is 13.8 Å². The third kappa shape index (κ3) is 36.3. The Balaban J connectivity index is 2.34. The van der Waals surface area contributed by atoms with Crippen molar-refractivity contribution in [3.8, 4) is 0 Å². The van der Waals surface area contributed by atoms with Crippen LogP contribution in [0.3, 0.4) is 0 Å². The molecule has 65 heavy (non-hydrogen) atoms. The molecule has 0 aromatic carbocycles. The van der Waals surface area contributed by atoms with Crippen molar-refractivity contribution in [3.63, 3.8) is 0 Å². The van der Waals surface area contributed by atoms with Gasteiger partial charge in [0.2, 0.25) is 0 Å². The van der Waals surface area contributed by atoms with Gasteiger partial charge in [0.25, 0.3) is 0 Å². The maximum Gasteiger partial charge on any atom is 0.472 e. The van der Waals surface area contributed by atoms with Crippen LogP contribution in [-0.4, -0.2) is 109 Å². The highest BCUT2D eigenvalue weighted by Crippen LogP contribution is 2.43. The summed E-state index contributed by atoms with van der Waals surface area (Å²) >= 11 is 0. The monoisotopic (exact) mass is 947 g/mol. The topological polar surface area (TPSA) is 169 Å². The van der Waals surface area contributed by atoms with Gasteiger partial charge in [-0.3, -0.25) is 18.6 Å². The maximum atomic E-state index is 12.8. The SMILES string of the molecule is CCCCCCCCCCCCCCCCCCCCCCCC(=O)O[C@H](COC(=O)CCCCCC[C@@H]1[C@@H](/C=C/[C@@H](O)CCCCC)[C@H](O)C[C@@H]1O)COP(=O)(O)OCC[N+](C)(C)C. The molecule has 4 N–H and O–H groups in total. The second-order valence-electron chi connectivity index (χ2n) is 20.2. The number of hydrogen-bond donors (Lipinski definition) is 4. The molecule has 1 rings (SSSR count). The van der Waals surface area contributed by atoms with Crippen molar-refractivity contribution in [2.24, 2.45) is 11.8 Å². The van der Waals surface area contributed by atoms with E-state index in [4.69, 9.17) is 18.5 Å². The van der Waals surface area contributed by atoms with Gasteiger partial charge in [0, 0.05) is 25.2 Å². The zero-order valence-corrected chi connectivity index (χ0v) is 43.2. The second-order valence-corrected chi connectivity index (χ2v) is 21.7. The quantitative estimate of drug-likeness (QED) is 0.0151. The Bertz CT molecular complexity index is 1230. The van der Waals surface area contributed by atoms with E-state index < -0.39 is 50.8 Å². The number of quaternary nitrogens is 1. The Morgan fingerprint density at radius 2 is 1.09 bits per heavy atom. The highest BCUT2D eigenvalue weighted by atomic mass is 31.2. The molecule has 0 aliphatic heterocycles. The minimum absolute atomic E-state index is 0.000339. The number of aliphatic hydroxyl groups excluding tert-OH is 3. The zero-order chi connectivity index (χ0) is 48.0. The van der Waals surface area contributed by atoms with E-state index in [-0.39, 0.29) is 37.9 Å². The number of phosphoric acid groups is 1. The number of hydrogen-bond acceptors (Lipinski definition) is 10. The number of likely N-dealkylation sites (N-methyl/N-ethyl adjacent to an activating group) is 1. The Labute approximate surface area is 397 Å². The van der Waals surface area contributed by atoms with Crippen molar-refractivity contribution in [1.82, 2.24) is 0 Å². The number of ether oxygens (including phenoxy) is 2. The number of phosphoric ester groups is 1. The lowest BCUT2D eigenvalue weighted by Gasteiger charge is -2.24. The van der Waals surface area contributed by atoms with Crippen LogP contribution in [0, 0.1) is 11.8 Å². The first-order chi connectivity index (χ1) is 31.2. The van der Waals surface area contributed by atoms with Gasteiger partial charge >= 0.3 is 19.8 Å². The van der Waals surface area contributed by atoms with Crippen LogP contribution >= 0.6 is 7.82 Å². The van der Waals surface area contributed by atoms with Gasteiger partial charge in [-0.15, -0.1) is 0 Å². The van der Waals surface area contributed by atoms with Gasteiger partial charge in [-0.25, -0.2) is 4.57 Å². The van der Waals surface area contributed by atoms with Crippen LogP contribution in [-0.2, 0) is 32.7 Å². The summed E-state index contributed by atoms with van der Waals surface area (Å²) in [7, 11) is 1.37. The van der Waals surface area contributed by atoms with Gasteiger partial charge in [-0.2, -0.15) is 0 Å². The molecule has 0 aromatic rings. The van der Waals surface area contributed by atoms with Gasteiger partial charge in [0.1, 0.15) is 19.8 Å². The summed E-state index contributed by atoms with van der Waals surface area (Å²) in [5.74, 6) is -1.19. The predicted octanol–water partition coefficient (Wildman–Crippen LogP) is 12.1. The first-order valence-electron chi connectivity index (χ1n) is 26.7. The molecule has 1 saturated carbocycles. The molecule has 7 atom stereocenters. The van der Waals surface area contributed by atoms with Crippen LogP contribution in [0.25, 0.3) is 0 Å². The summed E-state index contributed by atoms with van der Waals surface area (Å²) in [5, 5.41) is 31.5. The maximum absolute atomic E-state index is 12.8. The third-order valence-corrected chi connectivity index (χ3v) is 13.9. The summed E-state index contributed by atoms with van der Waals surface area (Å²) in [5.41, 5.74) is 0. The normalized spacial score (nSPS) is 19.7. The molecule has 0 bridgehead atoms. The van der Waals surface area contributed by atoms with Crippen LogP contribution < -0.4 is 0 Å². The van der Waals surface area contributed by atoms with Gasteiger partial charge in [-0.1, -0.05) is 193 Å². The van der Waals surface area contributed by atoms with E-state index in [1.165, 1.54) is 109 Å². The predicted molar refractivity (Wildman–Crippen MR) is 263 cm³/mol. The number of aliphatic hydroxyl groups is 3. The smallest absolute Gasteiger partial charge is 0.462 e. The lowest BCUT2D eigenvalue weighted by Crippen LogP contribution is -2.37. The molecule has 1 aliphatic rings. The third-order valence-electron chi connectivity index (χ3n) is 12.9. The highest BCUT2D eigenvalue weighted by molar-refractivity contribution is 7.47. The average Bonchev–Trinajstić information content (AvgIpc) is 3.52. The van der Waals surface area contributed by atoms with Crippen molar-refractivity contribution < 1.29 is 57.4 Å². The zero-order valence-electron chi connectivity index (χ0n) is 42.3. The average molecular weight is 947 g/mol. The van der Waals surface area contributed by atoms with Crippen LogP contribution in [0.2, 0.25) is 0 Å². The minimum atomic E-state index is -4.43. The standard InChI is InChI=1S/C52H100NO11P/c1-6-8-10-11-12-13-14-15-16-17-18-19-20-21-22-23-24-25-26-27-33-37-52(58)64-46(44-63-65(59,60)62-41-40-53(3,4)5)43-61-51(57)36-32-29-28-31-35-47-48(50(56)42-49(47)55)39-38-45(54)34-30-9-7-2/h38-39,45-50,54-56H,6-37,40-44H2,1-5H3/p+1/b39-38+/t45-,46+,47+,48+,49-,50+/m0/s1. The summed E-state index contributed by atoms with van der Waals surface area (Å²) in [6.07, 6.45) is 36.1. The van der Waals surface area contributed by atoms with Gasteiger partial charge in [0.05, 0.1) is 46.1 Å². The molecule has 1 fully saturated rings. The van der Waals surface area contributed by atoms with E-state index in [9.17, 15) is 34.4 Å². The summed E-state index contributed by atoms with van der Waals surface area (Å²) in [4.78, 5) is 35.8. The van der Waals surface area contributed by atoms with Crippen molar-refractivity contribution in [3.05, 3.63) is 12.2 Å². The van der Waals surface area contributed by atoms with E-state index in [0.29, 0.717) is 36.7 Å². The van der Waals surface area contributed by atoms with Crippen LogP contribution in [0.15, 0.2) is 12.2 Å². The van der Waals surface area contributed by atoms with E-state index in [1.54, 1.807) is 6.08 Å². The summed E-state index contributed by atoms with van der Waals surface area (Å²) in [6.45, 7) is 4.13. The van der Waals surface area contributed by atoms with Crippen LogP contribution in [0.1, 0.15) is 226 Å². The first kappa shape index (κ1) is 61.6. The number of esters is 2. The molecule has 13 heteroatoms. The Morgan fingerprint density at radius 3 is 1.60 bits per heavy atom. The molecule has 1 unspecified atom stereocenters. The minimum Gasteiger partial charge on any atom is -0.462 e. The Morgan fingerprint density at radius 1 is 0.631 bits per heavy atom. The molecular formula is C52H101NO11P+. The molecule has 0 radical (unpaired) electrons. The molecule has 12 nitrogen and oxygen atoms in total. The van der Waals surface area contributed by atoms with E-state index in [1.807, 2.05) is 27.2 Å². The Hall–Kier alpha value is -1.37. The second kappa shape index (κ2) is 39.5. The van der Waals surface area contributed by atoms with Crippen molar-refractivity contribution >= 4 is 19.8 Å². The van der Waals surface area contributed by atoms with E-state index in [0.717, 1.165) is 64.2 Å². The van der Waals surface area contributed by atoms with Crippen molar-refractivity contribution in [2.45, 2.75) is 250 Å². The molecule has 0 aromatic heterocycles. The summed E-state index contributed by atoms with van der Waals surface area (Å²) < 4.78 is 34.5. The van der Waals surface area contributed by atoms with Crippen LogP contribution in [0.5, 0.6) is 0 Å². The fraction of sp³-hybridized carbons (Fsp3) is 0.923. The molecule has 0 amide bonds. The van der Waals surface area contributed by atoms with Crippen LogP contribution in [0.4, 0.5) is 0 Å². The number of carbonyl (C=O) groups excluding carboxylic acids is 2. The molecule has 384 valence electrons. The van der Waals surface area contributed by atoms with E-state index >= 15 is 0 Å².